The second kappa shape index (κ2) is 6.73. The van der Waals surface area contributed by atoms with Crippen LogP contribution in [-0.2, 0) is 0 Å². The molecule has 0 saturated heterocycles. The van der Waals surface area contributed by atoms with Gasteiger partial charge in [-0.1, -0.05) is 41.9 Å². The molecule has 1 aliphatic rings. The molecular formula is C20H19ClN4. The minimum Gasteiger partial charge on any atom is -0.351 e. The molecule has 3 aromatic rings. The highest BCUT2D eigenvalue weighted by molar-refractivity contribution is 6.31. The molecule has 1 aromatic heterocycles. The van der Waals surface area contributed by atoms with Crippen LogP contribution < -0.4 is 10.6 Å². The van der Waals surface area contributed by atoms with E-state index in [1.165, 1.54) is 12.8 Å². The first-order valence-electron chi connectivity index (χ1n) is 8.41. The van der Waals surface area contributed by atoms with Crippen molar-refractivity contribution in [3.05, 3.63) is 65.2 Å². The number of aromatic nitrogens is 2. The summed E-state index contributed by atoms with van der Waals surface area (Å²) in [6, 6.07) is 18.5. The van der Waals surface area contributed by atoms with Crippen LogP contribution in [0.2, 0.25) is 5.02 Å². The molecule has 0 atom stereocenters. The monoisotopic (exact) mass is 350 g/mol. The molecule has 0 bridgehead atoms. The van der Waals surface area contributed by atoms with Crippen molar-refractivity contribution in [3.63, 3.8) is 0 Å². The Kier molecular flexibility index (Phi) is 4.28. The van der Waals surface area contributed by atoms with Crippen molar-refractivity contribution < 1.29 is 0 Å². The molecule has 126 valence electrons. The number of rotatable bonds is 5. The van der Waals surface area contributed by atoms with Gasteiger partial charge in [0.05, 0.1) is 5.69 Å². The van der Waals surface area contributed by atoms with Gasteiger partial charge in [-0.05, 0) is 43.5 Å². The maximum absolute atomic E-state index is 6.11. The molecule has 4 rings (SSSR count). The van der Waals surface area contributed by atoms with E-state index in [9.17, 15) is 0 Å². The quantitative estimate of drug-likeness (QED) is 0.644. The number of hydrogen-bond acceptors (Lipinski definition) is 4. The van der Waals surface area contributed by atoms with Gasteiger partial charge in [0.2, 0.25) is 5.95 Å². The van der Waals surface area contributed by atoms with Gasteiger partial charge in [0.25, 0.3) is 0 Å². The average molecular weight is 351 g/mol. The first-order valence-corrected chi connectivity index (χ1v) is 8.79. The molecule has 25 heavy (non-hydrogen) atoms. The summed E-state index contributed by atoms with van der Waals surface area (Å²) in [6.45, 7) is 1.99. The summed E-state index contributed by atoms with van der Waals surface area (Å²) in [5.41, 5.74) is 3.95. The van der Waals surface area contributed by atoms with Gasteiger partial charge < -0.3 is 10.6 Å². The van der Waals surface area contributed by atoms with Crippen molar-refractivity contribution in [1.82, 2.24) is 9.97 Å². The van der Waals surface area contributed by atoms with Gasteiger partial charge in [0.1, 0.15) is 5.82 Å². The maximum atomic E-state index is 6.11. The molecule has 1 fully saturated rings. The Morgan fingerprint density at radius 1 is 1.00 bits per heavy atom. The molecule has 1 aliphatic carbocycles. The van der Waals surface area contributed by atoms with Crippen LogP contribution in [0.3, 0.4) is 0 Å². The van der Waals surface area contributed by atoms with E-state index < -0.39 is 0 Å². The minimum atomic E-state index is 0.497. The highest BCUT2D eigenvalue weighted by atomic mass is 35.5. The van der Waals surface area contributed by atoms with Gasteiger partial charge in [-0.15, -0.1) is 0 Å². The third-order valence-corrected chi connectivity index (χ3v) is 4.56. The molecule has 1 saturated carbocycles. The predicted molar refractivity (Wildman–Crippen MR) is 104 cm³/mol. The molecule has 0 radical (unpaired) electrons. The second-order valence-electron chi connectivity index (χ2n) is 6.34. The van der Waals surface area contributed by atoms with Crippen LogP contribution in [-0.4, -0.2) is 16.0 Å². The van der Waals surface area contributed by atoms with Crippen LogP contribution in [0.15, 0.2) is 54.6 Å². The van der Waals surface area contributed by atoms with E-state index in [-0.39, 0.29) is 0 Å². The maximum Gasteiger partial charge on any atom is 0.225 e. The van der Waals surface area contributed by atoms with E-state index in [4.69, 9.17) is 11.6 Å². The summed E-state index contributed by atoms with van der Waals surface area (Å²) in [7, 11) is 0. The zero-order chi connectivity index (χ0) is 17.2. The average Bonchev–Trinajstić information content (AvgIpc) is 3.43. The van der Waals surface area contributed by atoms with E-state index in [1.807, 2.05) is 49.4 Å². The Morgan fingerprint density at radius 2 is 1.80 bits per heavy atom. The topological polar surface area (TPSA) is 49.8 Å². The number of anilines is 3. The van der Waals surface area contributed by atoms with Crippen LogP contribution in [0.1, 0.15) is 18.4 Å². The van der Waals surface area contributed by atoms with Crippen LogP contribution in [0.25, 0.3) is 11.3 Å². The number of nitrogens with one attached hydrogen (secondary N) is 2. The Balaban J connectivity index is 1.68. The van der Waals surface area contributed by atoms with Crippen molar-refractivity contribution >= 4 is 29.1 Å². The lowest BCUT2D eigenvalue weighted by Gasteiger charge is -2.12. The first kappa shape index (κ1) is 15.9. The zero-order valence-corrected chi connectivity index (χ0v) is 14.7. The number of nitrogens with zero attached hydrogens (tertiary/aromatic N) is 2. The molecule has 2 N–H and O–H groups in total. The molecule has 0 spiro atoms. The Bertz CT molecular complexity index is 891. The predicted octanol–water partition coefficient (Wildman–Crippen LogP) is 5.42. The van der Waals surface area contributed by atoms with Gasteiger partial charge >= 0.3 is 0 Å². The molecule has 5 heteroatoms. The second-order valence-corrected chi connectivity index (χ2v) is 6.74. The zero-order valence-electron chi connectivity index (χ0n) is 14.0. The van der Waals surface area contributed by atoms with Crippen molar-refractivity contribution in [2.75, 3.05) is 10.6 Å². The third kappa shape index (κ3) is 3.91. The minimum absolute atomic E-state index is 0.497. The van der Waals surface area contributed by atoms with Crippen LogP contribution in [0.5, 0.6) is 0 Å². The molecule has 0 unspecified atom stereocenters. The Morgan fingerprint density at radius 3 is 2.52 bits per heavy atom. The third-order valence-electron chi connectivity index (χ3n) is 4.14. The fourth-order valence-electron chi connectivity index (χ4n) is 2.61. The fourth-order valence-corrected chi connectivity index (χ4v) is 2.73. The summed E-state index contributed by atoms with van der Waals surface area (Å²) in [5.74, 6) is 1.43. The van der Waals surface area contributed by atoms with Crippen molar-refractivity contribution in [2.24, 2.45) is 0 Å². The van der Waals surface area contributed by atoms with Gasteiger partial charge in [0.15, 0.2) is 0 Å². The van der Waals surface area contributed by atoms with E-state index in [0.717, 1.165) is 33.3 Å². The van der Waals surface area contributed by atoms with Crippen LogP contribution in [0.4, 0.5) is 17.5 Å². The lowest BCUT2D eigenvalue weighted by atomic mass is 10.1. The molecule has 1 heterocycles. The lowest BCUT2D eigenvalue weighted by molar-refractivity contribution is 1.06. The largest absolute Gasteiger partial charge is 0.351 e. The van der Waals surface area contributed by atoms with Gasteiger partial charge in [-0.2, -0.15) is 4.98 Å². The summed E-state index contributed by atoms with van der Waals surface area (Å²) in [6.07, 6.45) is 2.36. The van der Waals surface area contributed by atoms with E-state index in [0.29, 0.717) is 12.0 Å². The SMILES string of the molecule is Cc1cc(Nc2cc(-c3ccccc3)nc(NC3CC3)n2)ccc1Cl. The van der Waals surface area contributed by atoms with Crippen molar-refractivity contribution in [2.45, 2.75) is 25.8 Å². The highest BCUT2D eigenvalue weighted by Gasteiger charge is 2.22. The number of benzene rings is 2. The number of halogens is 1. The van der Waals surface area contributed by atoms with E-state index in [2.05, 4.69) is 32.7 Å². The Hall–Kier alpha value is -2.59. The van der Waals surface area contributed by atoms with Crippen molar-refractivity contribution in [3.8, 4) is 11.3 Å². The summed E-state index contributed by atoms with van der Waals surface area (Å²) >= 11 is 6.11. The summed E-state index contributed by atoms with van der Waals surface area (Å²) in [5, 5.41) is 7.51. The van der Waals surface area contributed by atoms with Crippen molar-refractivity contribution in [1.29, 1.82) is 0 Å². The summed E-state index contributed by atoms with van der Waals surface area (Å²) < 4.78 is 0. The Labute approximate surface area is 152 Å². The van der Waals surface area contributed by atoms with Crippen LogP contribution >= 0.6 is 11.6 Å². The lowest BCUT2D eigenvalue weighted by Crippen LogP contribution is -2.07. The van der Waals surface area contributed by atoms with Crippen LogP contribution in [0, 0.1) is 6.92 Å². The van der Waals surface area contributed by atoms with Gasteiger partial charge in [-0.3, -0.25) is 0 Å². The normalized spacial score (nSPS) is 13.5. The molecule has 4 nitrogen and oxygen atoms in total. The van der Waals surface area contributed by atoms with Gasteiger partial charge in [-0.25, -0.2) is 4.98 Å². The molecular weight excluding hydrogens is 332 g/mol. The number of hydrogen-bond donors (Lipinski definition) is 2. The highest BCUT2D eigenvalue weighted by Crippen LogP contribution is 2.28. The smallest absolute Gasteiger partial charge is 0.225 e. The first-order chi connectivity index (χ1) is 12.2. The van der Waals surface area contributed by atoms with E-state index >= 15 is 0 Å². The fraction of sp³-hybridized carbons (Fsp3) is 0.200. The van der Waals surface area contributed by atoms with Gasteiger partial charge in [0, 0.05) is 28.4 Å². The standard InChI is InChI=1S/C20H19ClN4/c1-13-11-16(9-10-17(13)21)22-19-12-18(14-5-3-2-4-6-14)24-20(25-19)23-15-7-8-15/h2-6,9-12,15H,7-8H2,1H3,(H2,22,23,24,25). The molecule has 0 aliphatic heterocycles. The number of aryl methyl sites for hydroxylation is 1. The summed E-state index contributed by atoms with van der Waals surface area (Å²) in [4.78, 5) is 9.29. The molecule has 2 aromatic carbocycles. The molecule has 0 amide bonds. The van der Waals surface area contributed by atoms with E-state index in [1.54, 1.807) is 0 Å².